The van der Waals surface area contributed by atoms with Crippen LogP contribution in [0.15, 0.2) is 0 Å². The number of nitrogens with one attached hydrogen (secondary N) is 1. The van der Waals surface area contributed by atoms with Crippen molar-refractivity contribution in [3.8, 4) is 0 Å². The Morgan fingerprint density at radius 2 is 1.81 bits per heavy atom. The molecule has 1 atom stereocenters. The van der Waals surface area contributed by atoms with Crippen LogP contribution in [0.5, 0.6) is 0 Å². The first-order valence-electron chi connectivity index (χ1n) is 6.98. The minimum Gasteiger partial charge on any atom is -0.314 e. The van der Waals surface area contributed by atoms with E-state index in [1.807, 2.05) is 0 Å². The van der Waals surface area contributed by atoms with Crippen molar-refractivity contribution in [3.05, 3.63) is 0 Å². The molecule has 0 rings (SSSR count). The summed E-state index contributed by atoms with van der Waals surface area (Å²) in [6.45, 7) is 12.7. The molecule has 0 aliphatic heterocycles. The summed E-state index contributed by atoms with van der Waals surface area (Å²) < 4.78 is 0. The van der Waals surface area contributed by atoms with Gasteiger partial charge in [-0.15, -0.1) is 0 Å². The molecule has 1 N–H and O–H groups in total. The highest BCUT2D eigenvalue weighted by Crippen LogP contribution is 2.03. The highest BCUT2D eigenvalue weighted by atomic mass is 15.1. The van der Waals surface area contributed by atoms with Gasteiger partial charge in [-0.25, -0.2) is 0 Å². The van der Waals surface area contributed by atoms with Gasteiger partial charge in [-0.05, 0) is 52.2 Å². The highest BCUT2D eigenvalue weighted by Gasteiger charge is 2.03. The second-order valence-corrected chi connectivity index (χ2v) is 5.51. The van der Waals surface area contributed by atoms with Crippen LogP contribution in [0.2, 0.25) is 0 Å². The molecule has 0 aliphatic rings. The molecule has 0 heterocycles. The lowest BCUT2D eigenvalue weighted by atomic mass is 10.1. The predicted octanol–water partition coefficient (Wildman–Crippen LogP) is 3.13. The molecule has 0 radical (unpaired) electrons. The van der Waals surface area contributed by atoms with Crippen molar-refractivity contribution in [3.63, 3.8) is 0 Å². The number of nitrogens with zero attached hydrogens (tertiary/aromatic N) is 1. The van der Waals surface area contributed by atoms with Crippen molar-refractivity contribution in [2.75, 3.05) is 26.7 Å². The standard InChI is InChI=1S/C14H32N2/c1-6-10-15-14(4)9-7-8-11-16(5)12-13(2)3/h13-15H,6-12H2,1-5H3. The molecule has 98 valence electrons. The molecule has 0 spiro atoms. The Kier molecular flexibility index (Phi) is 10.0. The van der Waals surface area contributed by atoms with Crippen LogP contribution in [0.3, 0.4) is 0 Å². The van der Waals surface area contributed by atoms with Gasteiger partial charge in [0.2, 0.25) is 0 Å². The van der Waals surface area contributed by atoms with Gasteiger partial charge >= 0.3 is 0 Å². The third-order valence-electron chi connectivity index (χ3n) is 2.85. The first-order valence-corrected chi connectivity index (χ1v) is 6.98. The van der Waals surface area contributed by atoms with Gasteiger partial charge in [0, 0.05) is 12.6 Å². The zero-order chi connectivity index (χ0) is 12.4. The molecule has 16 heavy (non-hydrogen) atoms. The van der Waals surface area contributed by atoms with E-state index in [0.717, 1.165) is 12.5 Å². The highest BCUT2D eigenvalue weighted by molar-refractivity contribution is 4.61. The average Bonchev–Trinajstić information content (AvgIpc) is 2.20. The molecule has 1 unspecified atom stereocenters. The van der Waals surface area contributed by atoms with Crippen LogP contribution >= 0.6 is 0 Å². The average molecular weight is 228 g/mol. The molecule has 0 aromatic heterocycles. The van der Waals surface area contributed by atoms with Crippen molar-refractivity contribution in [1.29, 1.82) is 0 Å². The maximum atomic E-state index is 3.54. The van der Waals surface area contributed by atoms with Gasteiger partial charge in [-0.3, -0.25) is 0 Å². The zero-order valence-electron chi connectivity index (χ0n) is 12.1. The first-order chi connectivity index (χ1) is 7.56. The van der Waals surface area contributed by atoms with Crippen molar-refractivity contribution in [2.45, 2.75) is 59.4 Å². The Labute approximate surface area is 103 Å². The summed E-state index contributed by atoms with van der Waals surface area (Å²) in [5, 5.41) is 3.54. The van der Waals surface area contributed by atoms with Gasteiger partial charge in [-0.2, -0.15) is 0 Å². The van der Waals surface area contributed by atoms with Crippen LogP contribution < -0.4 is 5.32 Å². The van der Waals surface area contributed by atoms with Gasteiger partial charge < -0.3 is 10.2 Å². The Hall–Kier alpha value is -0.0800. The number of rotatable bonds is 10. The number of hydrogen-bond donors (Lipinski definition) is 1. The number of hydrogen-bond acceptors (Lipinski definition) is 2. The van der Waals surface area contributed by atoms with E-state index in [4.69, 9.17) is 0 Å². The lowest BCUT2D eigenvalue weighted by Gasteiger charge is -2.19. The Balaban J connectivity index is 3.31. The van der Waals surface area contributed by atoms with Crippen molar-refractivity contribution in [2.24, 2.45) is 5.92 Å². The Bertz CT molecular complexity index is 146. The summed E-state index contributed by atoms with van der Waals surface area (Å²) in [6.07, 6.45) is 5.23. The summed E-state index contributed by atoms with van der Waals surface area (Å²) in [4.78, 5) is 2.45. The SMILES string of the molecule is CCCNC(C)CCCCN(C)CC(C)C. The first kappa shape index (κ1) is 15.9. The third-order valence-corrected chi connectivity index (χ3v) is 2.85. The molecule has 0 amide bonds. The third kappa shape index (κ3) is 10.4. The van der Waals surface area contributed by atoms with E-state index in [1.165, 1.54) is 38.8 Å². The van der Waals surface area contributed by atoms with E-state index in [9.17, 15) is 0 Å². The van der Waals surface area contributed by atoms with Gasteiger partial charge in [0.1, 0.15) is 0 Å². The Morgan fingerprint density at radius 3 is 2.38 bits per heavy atom. The summed E-state index contributed by atoms with van der Waals surface area (Å²) in [5.41, 5.74) is 0. The van der Waals surface area contributed by atoms with Crippen LogP contribution in [0.4, 0.5) is 0 Å². The molecule has 0 aromatic rings. The van der Waals surface area contributed by atoms with Gasteiger partial charge in [0.25, 0.3) is 0 Å². The van der Waals surface area contributed by atoms with E-state index >= 15 is 0 Å². The van der Waals surface area contributed by atoms with Crippen LogP contribution in [0.1, 0.15) is 53.4 Å². The molecular weight excluding hydrogens is 196 g/mol. The fourth-order valence-electron chi connectivity index (χ4n) is 2.04. The van der Waals surface area contributed by atoms with E-state index in [2.05, 4.69) is 45.0 Å². The maximum Gasteiger partial charge on any atom is 0.00387 e. The quantitative estimate of drug-likeness (QED) is 0.578. The normalized spacial score (nSPS) is 13.7. The topological polar surface area (TPSA) is 15.3 Å². The lowest BCUT2D eigenvalue weighted by molar-refractivity contribution is 0.286. The molecule has 0 aliphatic carbocycles. The molecule has 0 saturated heterocycles. The molecular formula is C14H32N2. The van der Waals surface area contributed by atoms with Crippen molar-refractivity contribution in [1.82, 2.24) is 10.2 Å². The van der Waals surface area contributed by atoms with E-state index in [0.29, 0.717) is 6.04 Å². The molecule has 0 fully saturated rings. The lowest BCUT2D eigenvalue weighted by Crippen LogP contribution is -2.27. The molecule has 2 nitrogen and oxygen atoms in total. The van der Waals surface area contributed by atoms with Gasteiger partial charge in [0.15, 0.2) is 0 Å². The molecule has 0 aromatic carbocycles. The van der Waals surface area contributed by atoms with E-state index < -0.39 is 0 Å². The monoisotopic (exact) mass is 228 g/mol. The fourth-order valence-corrected chi connectivity index (χ4v) is 2.04. The largest absolute Gasteiger partial charge is 0.314 e. The summed E-state index contributed by atoms with van der Waals surface area (Å²) in [7, 11) is 2.23. The van der Waals surface area contributed by atoms with Gasteiger partial charge in [-0.1, -0.05) is 27.2 Å². The van der Waals surface area contributed by atoms with E-state index in [-0.39, 0.29) is 0 Å². The zero-order valence-corrected chi connectivity index (χ0v) is 12.1. The van der Waals surface area contributed by atoms with Crippen molar-refractivity contribution < 1.29 is 0 Å². The fraction of sp³-hybridized carbons (Fsp3) is 1.00. The maximum absolute atomic E-state index is 3.54. The predicted molar refractivity (Wildman–Crippen MR) is 73.9 cm³/mol. The van der Waals surface area contributed by atoms with Crippen LogP contribution in [0, 0.1) is 5.92 Å². The van der Waals surface area contributed by atoms with Crippen LogP contribution in [-0.4, -0.2) is 37.6 Å². The summed E-state index contributed by atoms with van der Waals surface area (Å²) >= 11 is 0. The second-order valence-electron chi connectivity index (χ2n) is 5.51. The minimum absolute atomic E-state index is 0.690. The summed E-state index contributed by atoms with van der Waals surface area (Å²) in [6, 6.07) is 0.690. The smallest absolute Gasteiger partial charge is 0.00387 e. The van der Waals surface area contributed by atoms with Crippen LogP contribution in [0.25, 0.3) is 0 Å². The van der Waals surface area contributed by atoms with E-state index in [1.54, 1.807) is 0 Å². The van der Waals surface area contributed by atoms with Gasteiger partial charge in [0.05, 0.1) is 0 Å². The molecule has 0 saturated carbocycles. The molecule has 2 heteroatoms. The van der Waals surface area contributed by atoms with Crippen LogP contribution in [-0.2, 0) is 0 Å². The summed E-state index contributed by atoms with van der Waals surface area (Å²) in [5.74, 6) is 0.787. The molecule has 0 bridgehead atoms. The number of unbranched alkanes of at least 4 members (excludes halogenated alkanes) is 1. The minimum atomic E-state index is 0.690. The van der Waals surface area contributed by atoms with Crippen molar-refractivity contribution >= 4 is 0 Å². The Morgan fingerprint density at radius 1 is 1.12 bits per heavy atom. The second kappa shape index (κ2) is 10.1.